The molecule has 2 aromatic rings. The van der Waals surface area contributed by atoms with Crippen molar-refractivity contribution in [2.24, 2.45) is 5.10 Å². The largest absolute Gasteiger partial charge is 0.261 e. The molecule has 0 aliphatic carbocycles. The SMILES string of the molecule is Fc1cccc(Cl)c1/C=N/Nc1ccccn1. The predicted octanol–water partition coefficient (Wildman–Crippen LogP) is 3.32. The monoisotopic (exact) mass is 249 g/mol. The third-order valence-electron chi connectivity index (χ3n) is 2.04. The van der Waals surface area contributed by atoms with E-state index in [2.05, 4.69) is 15.5 Å². The highest BCUT2D eigenvalue weighted by Gasteiger charge is 2.03. The van der Waals surface area contributed by atoms with Crippen molar-refractivity contribution in [1.82, 2.24) is 4.98 Å². The van der Waals surface area contributed by atoms with Crippen molar-refractivity contribution in [3.8, 4) is 0 Å². The minimum absolute atomic E-state index is 0.248. The molecule has 1 heterocycles. The maximum Gasteiger partial charge on any atom is 0.146 e. The molecule has 0 atom stereocenters. The Hall–Kier alpha value is -1.94. The van der Waals surface area contributed by atoms with Crippen LogP contribution in [0.15, 0.2) is 47.7 Å². The molecule has 86 valence electrons. The van der Waals surface area contributed by atoms with Crippen LogP contribution < -0.4 is 5.43 Å². The van der Waals surface area contributed by atoms with Crippen molar-refractivity contribution in [2.75, 3.05) is 5.43 Å². The third-order valence-corrected chi connectivity index (χ3v) is 2.37. The molecule has 0 aliphatic heterocycles. The van der Waals surface area contributed by atoms with E-state index in [1.165, 1.54) is 12.3 Å². The zero-order chi connectivity index (χ0) is 12.1. The van der Waals surface area contributed by atoms with Gasteiger partial charge in [-0.25, -0.2) is 9.37 Å². The average Bonchev–Trinajstić information content (AvgIpc) is 2.34. The van der Waals surface area contributed by atoms with E-state index in [1.54, 1.807) is 30.5 Å². The van der Waals surface area contributed by atoms with Gasteiger partial charge in [0.15, 0.2) is 0 Å². The molecular weight excluding hydrogens is 241 g/mol. The van der Waals surface area contributed by atoms with Crippen LogP contribution in [0.5, 0.6) is 0 Å². The number of nitrogens with zero attached hydrogens (tertiary/aromatic N) is 2. The lowest BCUT2D eigenvalue weighted by molar-refractivity contribution is 0.626. The van der Waals surface area contributed by atoms with E-state index in [-0.39, 0.29) is 5.56 Å². The molecule has 0 unspecified atom stereocenters. The van der Waals surface area contributed by atoms with Gasteiger partial charge in [0.1, 0.15) is 11.6 Å². The number of aromatic nitrogens is 1. The molecule has 1 N–H and O–H groups in total. The van der Waals surface area contributed by atoms with Gasteiger partial charge in [0, 0.05) is 11.8 Å². The zero-order valence-corrected chi connectivity index (χ0v) is 9.53. The predicted molar refractivity (Wildman–Crippen MR) is 66.9 cm³/mol. The molecule has 0 spiro atoms. The summed E-state index contributed by atoms with van der Waals surface area (Å²) < 4.78 is 13.4. The van der Waals surface area contributed by atoms with Gasteiger partial charge in [-0.1, -0.05) is 23.7 Å². The summed E-state index contributed by atoms with van der Waals surface area (Å²) in [5.74, 6) is 0.167. The van der Waals surface area contributed by atoms with Crippen LogP contribution in [0, 0.1) is 5.82 Å². The summed E-state index contributed by atoms with van der Waals surface area (Å²) in [5, 5.41) is 4.19. The lowest BCUT2D eigenvalue weighted by Crippen LogP contribution is -1.95. The van der Waals surface area contributed by atoms with Crippen LogP contribution in [-0.4, -0.2) is 11.2 Å². The summed E-state index contributed by atoms with van der Waals surface area (Å²) in [5.41, 5.74) is 2.93. The number of rotatable bonds is 3. The molecule has 0 bridgehead atoms. The van der Waals surface area contributed by atoms with Crippen molar-refractivity contribution in [1.29, 1.82) is 0 Å². The first-order valence-electron chi connectivity index (χ1n) is 4.91. The number of pyridine rings is 1. The molecule has 1 aromatic carbocycles. The summed E-state index contributed by atoms with van der Waals surface area (Å²) in [6.07, 6.45) is 2.96. The van der Waals surface area contributed by atoms with Crippen LogP contribution in [0.1, 0.15) is 5.56 Å². The van der Waals surface area contributed by atoms with E-state index < -0.39 is 5.82 Å². The third kappa shape index (κ3) is 3.01. The number of anilines is 1. The average molecular weight is 250 g/mol. The van der Waals surface area contributed by atoms with E-state index in [9.17, 15) is 4.39 Å². The van der Waals surface area contributed by atoms with E-state index in [4.69, 9.17) is 11.6 Å². The standard InChI is InChI=1S/C12H9ClFN3/c13-10-4-3-5-11(14)9(10)8-16-17-12-6-1-2-7-15-12/h1-8H,(H,15,17)/b16-8+. The number of halogens is 2. The van der Waals surface area contributed by atoms with Crippen molar-refractivity contribution < 1.29 is 4.39 Å². The topological polar surface area (TPSA) is 37.3 Å². The van der Waals surface area contributed by atoms with Gasteiger partial charge in [-0.3, -0.25) is 5.43 Å². The summed E-state index contributed by atoms with van der Waals surface area (Å²) >= 11 is 5.84. The lowest BCUT2D eigenvalue weighted by Gasteiger charge is -2.00. The lowest BCUT2D eigenvalue weighted by atomic mass is 10.2. The Bertz CT molecular complexity index is 508. The summed E-state index contributed by atoms with van der Waals surface area (Å²) in [6, 6.07) is 9.84. The molecule has 0 saturated carbocycles. The van der Waals surface area contributed by atoms with Crippen LogP contribution in [0.4, 0.5) is 10.2 Å². The summed E-state index contributed by atoms with van der Waals surface area (Å²) in [6.45, 7) is 0. The molecule has 5 heteroatoms. The molecular formula is C12H9ClFN3. The minimum atomic E-state index is -0.413. The molecule has 17 heavy (non-hydrogen) atoms. The highest BCUT2D eigenvalue weighted by Crippen LogP contribution is 2.16. The van der Waals surface area contributed by atoms with Gasteiger partial charge in [-0.15, -0.1) is 0 Å². The smallest absolute Gasteiger partial charge is 0.146 e. The maximum absolute atomic E-state index is 13.4. The van der Waals surface area contributed by atoms with Gasteiger partial charge in [0.05, 0.1) is 11.2 Å². The van der Waals surface area contributed by atoms with E-state index in [0.29, 0.717) is 10.8 Å². The van der Waals surface area contributed by atoms with Crippen molar-refractivity contribution in [3.05, 3.63) is 59.0 Å². The fourth-order valence-electron chi connectivity index (χ4n) is 1.23. The normalized spacial score (nSPS) is 10.7. The minimum Gasteiger partial charge on any atom is -0.261 e. The highest BCUT2D eigenvalue weighted by molar-refractivity contribution is 6.33. The molecule has 2 rings (SSSR count). The first kappa shape index (κ1) is 11.5. The molecule has 1 aromatic heterocycles. The molecule has 0 aliphatic rings. The van der Waals surface area contributed by atoms with Crippen molar-refractivity contribution in [3.63, 3.8) is 0 Å². The Kier molecular flexibility index (Phi) is 3.67. The molecule has 0 amide bonds. The number of hydrazone groups is 1. The number of benzene rings is 1. The molecule has 0 radical (unpaired) electrons. The van der Waals surface area contributed by atoms with Crippen LogP contribution in [0.3, 0.4) is 0 Å². The molecule has 0 fully saturated rings. The Labute approximate surface area is 103 Å². The van der Waals surface area contributed by atoms with Crippen LogP contribution in [-0.2, 0) is 0 Å². The van der Waals surface area contributed by atoms with E-state index in [0.717, 1.165) is 0 Å². The second-order valence-electron chi connectivity index (χ2n) is 3.22. The maximum atomic E-state index is 13.4. The van der Waals surface area contributed by atoms with Gasteiger partial charge in [0.25, 0.3) is 0 Å². The van der Waals surface area contributed by atoms with Crippen molar-refractivity contribution >= 4 is 23.6 Å². The first-order valence-corrected chi connectivity index (χ1v) is 5.29. The Morgan fingerprint density at radius 2 is 2.12 bits per heavy atom. The van der Waals surface area contributed by atoms with E-state index >= 15 is 0 Å². The zero-order valence-electron chi connectivity index (χ0n) is 8.77. The number of nitrogens with one attached hydrogen (secondary N) is 1. The van der Waals surface area contributed by atoms with Gasteiger partial charge in [-0.2, -0.15) is 5.10 Å². The van der Waals surface area contributed by atoms with E-state index in [1.807, 2.05) is 6.07 Å². The first-order chi connectivity index (χ1) is 8.27. The fraction of sp³-hybridized carbons (Fsp3) is 0. The van der Waals surface area contributed by atoms with Crippen molar-refractivity contribution in [2.45, 2.75) is 0 Å². The number of hydrogen-bond donors (Lipinski definition) is 1. The van der Waals surface area contributed by atoms with Gasteiger partial charge in [0.2, 0.25) is 0 Å². The van der Waals surface area contributed by atoms with Crippen LogP contribution >= 0.6 is 11.6 Å². The fourth-order valence-corrected chi connectivity index (χ4v) is 1.44. The Balaban J connectivity index is 2.11. The quantitative estimate of drug-likeness (QED) is 0.669. The second-order valence-corrected chi connectivity index (χ2v) is 3.63. The van der Waals surface area contributed by atoms with Crippen LogP contribution in [0.25, 0.3) is 0 Å². The highest BCUT2D eigenvalue weighted by atomic mass is 35.5. The molecule has 3 nitrogen and oxygen atoms in total. The Morgan fingerprint density at radius 1 is 1.24 bits per heavy atom. The summed E-state index contributed by atoms with van der Waals surface area (Å²) in [4.78, 5) is 4.00. The second kappa shape index (κ2) is 5.41. The number of hydrogen-bond acceptors (Lipinski definition) is 3. The van der Waals surface area contributed by atoms with Crippen LogP contribution in [0.2, 0.25) is 5.02 Å². The van der Waals surface area contributed by atoms with Gasteiger partial charge < -0.3 is 0 Å². The molecule has 0 saturated heterocycles. The van der Waals surface area contributed by atoms with Gasteiger partial charge >= 0.3 is 0 Å². The Morgan fingerprint density at radius 3 is 2.82 bits per heavy atom. The van der Waals surface area contributed by atoms with Gasteiger partial charge in [-0.05, 0) is 24.3 Å². The summed E-state index contributed by atoms with van der Waals surface area (Å²) in [7, 11) is 0.